The van der Waals surface area contributed by atoms with Gasteiger partial charge in [0.15, 0.2) is 0 Å². The first kappa shape index (κ1) is 20.5. The molecular formula is C20H25N3O3S2. The number of aromatic nitrogens is 2. The van der Waals surface area contributed by atoms with E-state index >= 15 is 0 Å². The van der Waals surface area contributed by atoms with Gasteiger partial charge in [-0.25, -0.2) is 4.79 Å². The van der Waals surface area contributed by atoms with E-state index in [-0.39, 0.29) is 18.0 Å². The average Bonchev–Trinajstić information content (AvgIpc) is 3.36. The van der Waals surface area contributed by atoms with Crippen molar-refractivity contribution in [2.75, 3.05) is 13.1 Å². The summed E-state index contributed by atoms with van der Waals surface area (Å²) in [6.45, 7) is 5.69. The highest BCUT2D eigenvalue weighted by Crippen LogP contribution is 2.16. The van der Waals surface area contributed by atoms with Crippen molar-refractivity contribution < 1.29 is 4.79 Å². The Morgan fingerprint density at radius 2 is 1.79 bits per heavy atom. The van der Waals surface area contributed by atoms with Crippen molar-refractivity contribution in [2.45, 2.75) is 46.2 Å². The van der Waals surface area contributed by atoms with Gasteiger partial charge in [0.25, 0.3) is 5.56 Å². The zero-order valence-corrected chi connectivity index (χ0v) is 17.9. The van der Waals surface area contributed by atoms with Crippen LogP contribution in [-0.4, -0.2) is 33.0 Å². The molecule has 0 fully saturated rings. The molecule has 0 atom stereocenters. The number of hydrogen-bond donors (Lipinski definition) is 0. The van der Waals surface area contributed by atoms with Crippen molar-refractivity contribution in [1.29, 1.82) is 0 Å². The lowest BCUT2D eigenvalue weighted by Gasteiger charge is -2.22. The fourth-order valence-corrected chi connectivity index (χ4v) is 4.84. The predicted molar refractivity (Wildman–Crippen MR) is 116 cm³/mol. The summed E-state index contributed by atoms with van der Waals surface area (Å²) in [4.78, 5) is 41.7. The van der Waals surface area contributed by atoms with Gasteiger partial charge in [-0.1, -0.05) is 19.9 Å². The molecule has 0 aliphatic heterocycles. The first-order chi connectivity index (χ1) is 13.6. The number of nitrogens with zero attached hydrogens (tertiary/aromatic N) is 3. The van der Waals surface area contributed by atoms with E-state index in [9.17, 15) is 14.4 Å². The molecule has 0 radical (unpaired) electrons. The van der Waals surface area contributed by atoms with Gasteiger partial charge in [0.05, 0.1) is 5.52 Å². The summed E-state index contributed by atoms with van der Waals surface area (Å²) in [5.41, 5.74) is -0.128. The summed E-state index contributed by atoms with van der Waals surface area (Å²) in [6, 6.07) is 5.71. The topological polar surface area (TPSA) is 64.3 Å². The number of fused-ring (bicyclic) bond motifs is 1. The Kier molecular flexibility index (Phi) is 6.85. The molecule has 3 aromatic heterocycles. The van der Waals surface area contributed by atoms with Crippen molar-refractivity contribution in [3.05, 3.63) is 54.7 Å². The third-order valence-electron chi connectivity index (χ3n) is 4.63. The SMILES string of the molecule is CCCN(CCC)C(=O)Cn1c(=O)n(CCc2cccs2)c(=O)c2sccc21. The molecule has 150 valence electrons. The van der Waals surface area contributed by atoms with Gasteiger partial charge in [-0.3, -0.25) is 18.7 Å². The molecule has 28 heavy (non-hydrogen) atoms. The van der Waals surface area contributed by atoms with Crippen molar-refractivity contribution >= 4 is 38.8 Å². The van der Waals surface area contributed by atoms with Gasteiger partial charge in [0.1, 0.15) is 11.2 Å². The summed E-state index contributed by atoms with van der Waals surface area (Å²) in [5, 5.41) is 3.78. The standard InChI is InChI=1S/C20H25N3O3S2/c1-3-9-21(10-4-2)17(24)14-23-16-8-13-28-18(16)19(25)22(20(23)26)11-7-15-6-5-12-27-15/h5-6,8,12-13H,3-4,7,9-11,14H2,1-2H3. The van der Waals surface area contributed by atoms with Crippen LogP contribution in [0, 0.1) is 0 Å². The van der Waals surface area contributed by atoms with E-state index in [0.717, 1.165) is 17.7 Å². The molecule has 0 bridgehead atoms. The molecule has 0 saturated carbocycles. The lowest BCUT2D eigenvalue weighted by molar-refractivity contribution is -0.131. The molecular weight excluding hydrogens is 394 g/mol. The molecule has 3 heterocycles. The number of carbonyl (C=O) groups excluding carboxylic acids is 1. The molecule has 0 spiro atoms. The van der Waals surface area contributed by atoms with Crippen LogP contribution in [0.5, 0.6) is 0 Å². The van der Waals surface area contributed by atoms with Crippen LogP contribution < -0.4 is 11.2 Å². The summed E-state index contributed by atoms with van der Waals surface area (Å²) >= 11 is 2.92. The van der Waals surface area contributed by atoms with Crippen molar-refractivity contribution in [3.63, 3.8) is 0 Å². The van der Waals surface area contributed by atoms with E-state index in [2.05, 4.69) is 0 Å². The Bertz CT molecular complexity index is 1040. The van der Waals surface area contributed by atoms with E-state index in [0.29, 0.717) is 36.3 Å². The van der Waals surface area contributed by atoms with E-state index in [1.807, 2.05) is 31.4 Å². The van der Waals surface area contributed by atoms with E-state index in [1.165, 1.54) is 20.5 Å². The Morgan fingerprint density at radius 3 is 2.43 bits per heavy atom. The minimum absolute atomic E-state index is 0.0364. The normalized spacial score (nSPS) is 11.2. The second-order valence-electron chi connectivity index (χ2n) is 6.67. The minimum atomic E-state index is -0.409. The number of amides is 1. The van der Waals surface area contributed by atoms with E-state index < -0.39 is 5.69 Å². The molecule has 0 saturated heterocycles. The van der Waals surface area contributed by atoms with Crippen LogP contribution in [0.1, 0.15) is 31.6 Å². The zero-order valence-electron chi connectivity index (χ0n) is 16.2. The Labute approximate surface area is 171 Å². The number of hydrogen-bond acceptors (Lipinski definition) is 5. The molecule has 1 amide bonds. The van der Waals surface area contributed by atoms with Gasteiger partial charge in [0.2, 0.25) is 5.91 Å². The number of aryl methyl sites for hydroxylation is 1. The van der Waals surface area contributed by atoms with E-state index in [4.69, 9.17) is 0 Å². The van der Waals surface area contributed by atoms with Gasteiger partial charge in [-0.15, -0.1) is 22.7 Å². The van der Waals surface area contributed by atoms with Gasteiger partial charge in [0, 0.05) is 24.5 Å². The molecule has 6 nitrogen and oxygen atoms in total. The van der Waals surface area contributed by atoms with Crippen LogP contribution >= 0.6 is 22.7 Å². The fraction of sp³-hybridized carbons (Fsp3) is 0.450. The highest BCUT2D eigenvalue weighted by molar-refractivity contribution is 7.17. The van der Waals surface area contributed by atoms with Crippen LogP contribution in [0.4, 0.5) is 0 Å². The first-order valence-electron chi connectivity index (χ1n) is 9.57. The third kappa shape index (κ3) is 4.28. The summed E-state index contributed by atoms with van der Waals surface area (Å²) in [5.74, 6) is -0.0817. The van der Waals surface area contributed by atoms with Crippen LogP contribution in [0.3, 0.4) is 0 Å². The van der Waals surface area contributed by atoms with Crippen LogP contribution in [0.2, 0.25) is 0 Å². The maximum atomic E-state index is 13.1. The van der Waals surface area contributed by atoms with Gasteiger partial charge in [-0.05, 0) is 42.2 Å². The lowest BCUT2D eigenvalue weighted by atomic mass is 10.3. The second-order valence-corrected chi connectivity index (χ2v) is 8.62. The Balaban J connectivity index is 1.97. The maximum absolute atomic E-state index is 13.1. The quantitative estimate of drug-likeness (QED) is 0.535. The Morgan fingerprint density at radius 1 is 1.04 bits per heavy atom. The van der Waals surface area contributed by atoms with Crippen molar-refractivity contribution in [3.8, 4) is 0 Å². The van der Waals surface area contributed by atoms with E-state index in [1.54, 1.807) is 27.7 Å². The van der Waals surface area contributed by atoms with Gasteiger partial charge in [-0.2, -0.15) is 0 Å². The predicted octanol–water partition coefficient (Wildman–Crippen LogP) is 3.18. The highest BCUT2D eigenvalue weighted by Gasteiger charge is 2.19. The first-order valence-corrected chi connectivity index (χ1v) is 11.3. The van der Waals surface area contributed by atoms with Crippen molar-refractivity contribution in [2.24, 2.45) is 0 Å². The third-order valence-corrected chi connectivity index (χ3v) is 6.46. The molecule has 0 N–H and O–H groups in total. The number of carbonyl (C=O) groups is 1. The number of thiophene rings is 2. The van der Waals surface area contributed by atoms with Crippen LogP contribution in [0.15, 0.2) is 38.5 Å². The summed E-state index contributed by atoms with van der Waals surface area (Å²) in [7, 11) is 0. The molecule has 3 rings (SSSR count). The van der Waals surface area contributed by atoms with Crippen LogP contribution in [-0.2, 0) is 24.3 Å². The molecule has 8 heteroatoms. The Hall–Kier alpha value is -2.19. The monoisotopic (exact) mass is 419 g/mol. The number of rotatable bonds is 9. The fourth-order valence-electron chi connectivity index (χ4n) is 3.30. The molecule has 0 aromatic carbocycles. The zero-order chi connectivity index (χ0) is 20.1. The molecule has 0 aliphatic rings. The molecule has 0 unspecified atom stereocenters. The molecule has 0 aliphatic carbocycles. The summed E-state index contributed by atoms with van der Waals surface area (Å²) < 4.78 is 3.26. The summed E-state index contributed by atoms with van der Waals surface area (Å²) in [6.07, 6.45) is 2.36. The molecule has 3 aromatic rings. The average molecular weight is 420 g/mol. The maximum Gasteiger partial charge on any atom is 0.332 e. The second kappa shape index (κ2) is 9.34. The van der Waals surface area contributed by atoms with Gasteiger partial charge < -0.3 is 4.90 Å². The highest BCUT2D eigenvalue weighted by atomic mass is 32.1. The van der Waals surface area contributed by atoms with Crippen molar-refractivity contribution in [1.82, 2.24) is 14.0 Å². The minimum Gasteiger partial charge on any atom is -0.341 e. The van der Waals surface area contributed by atoms with Crippen LogP contribution in [0.25, 0.3) is 10.2 Å². The smallest absolute Gasteiger partial charge is 0.332 e. The largest absolute Gasteiger partial charge is 0.341 e. The lowest BCUT2D eigenvalue weighted by Crippen LogP contribution is -2.43. The van der Waals surface area contributed by atoms with Gasteiger partial charge >= 0.3 is 5.69 Å².